The van der Waals surface area contributed by atoms with Crippen LogP contribution in [0, 0.1) is 6.92 Å². The van der Waals surface area contributed by atoms with E-state index in [9.17, 15) is 15.0 Å². The Hall–Kier alpha value is -2.76. The van der Waals surface area contributed by atoms with Crippen LogP contribution < -0.4 is 0 Å². The number of halogens is 1. The predicted octanol–water partition coefficient (Wildman–Crippen LogP) is 3.96. The van der Waals surface area contributed by atoms with Crippen molar-refractivity contribution in [2.45, 2.75) is 13.5 Å². The number of hydrogen-bond acceptors (Lipinski definition) is 4. The second-order valence-electron chi connectivity index (χ2n) is 5.55. The van der Waals surface area contributed by atoms with E-state index in [2.05, 4.69) is 9.97 Å². The molecule has 3 aromatic rings. The molecule has 0 saturated carbocycles. The number of carboxylic acid groups (broad SMARTS) is 1. The lowest BCUT2D eigenvalue weighted by Gasteiger charge is -2.12. The highest BCUT2D eigenvalue weighted by Gasteiger charge is 2.20. The zero-order chi connectivity index (χ0) is 18.0. The summed E-state index contributed by atoms with van der Waals surface area (Å²) < 4.78 is 0. The molecule has 1 heterocycles. The van der Waals surface area contributed by atoms with Crippen LogP contribution in [0.15, 0.2) is 48.5 Å². The van der Waals surface area contributed by atoms with Gasteiger partial charge in [-0.3, -0.25) is 0 Å². The molecule has 1 aromatic heterocycles. The zero-order valence-corrected chi connectivity index (χ0v) is 14.2. The first-order valence-corrected chi connectivity index (χ1v) is 7.95. The molecule has 5 nitrogen and oxygen atoms in total. The molecule has 0 saturated heterocycles. The van der Waals surface area contributed by atoms with E-state index in [0.717, 1.165) is 11.1 Å². The maximum Gasteiger partial charge on any atom is 0.356 e. The first-order valence-electron chi connectivity index (χ1n) is 7.57. The number of aromatic nitrogens is 2. The summed E-state index contributed by atoms with van der Waals surface area (Å²) in [6, 6.07) is 14.6. The Bertz CT molecular complexity index is 923. The van der Waals surface area contributed by atoms with Crippen LogP contribution in [0.1, 0.15) is 21.7 Å². The molecule has 0 radical (unpaired) electrons. The van der Waals surface area contributed by atoms with E-state index in [1.54, 1.807) is 24.3 Å². The SMILES string of the molecule is Cc1ccc(-c2nc(CO)c(C(=O)O)nc2-c2ccc(Cl)cc2)cc1. The average Bonchev–Trinajstić information content (AvgIpc) is 2.62. The van der Waals surface area contributed by atoms with Gasteiger partial charge in [0.25, 0.3) is 0 Å². The predicted molar refractivity (Wildman–Crippen MR) is 95.5 cm³/mol. The van der Waals surface area contributed by atoms with Gasteiger partial charge >= 0.3 is 5.97 Å². The van der Waals surface area contributed by atoms with E-state index in [4.69, 9.17) is 11.6 Å². The average molecular weight is 355 g/mol. The van der Waals surface area contributed by atoms with Gasteiger partial charge in [-0.1, -0.05) is 53.6 Å². The summed E-state index contributed by atoms with van der Waals surface area (Å²) in [5.74, 6) is -1.23. The first-order chi connectivity index (χ1) is 12.0. The lowest BCUT2D eigenvalue weighted by atomic mass is 10.0. The highest BCUT2D eigenvalue weighted by atomic mass is 35.5. The van der Waals surface area contributed by atoms with Gasteiger partial charge in [-0.15, -0.1) is 0 Å². The second-order valence-corrected chi connectivity index (χ2v) is 5.99. The van der Waals surface area contributed by atoms with E-state index in [0.29, 0.717) is 22.0 Å². The molecule has 0 unspecified atom stereocenters. The summed E-state index contributed by atoms with van der Waals surface area (Å²) >= 11 is 5.94. The Morgan fingerprint density at radius 2 is 1.48 bits per heavy atom. The number of carbonyl (C=O) groups is 1. The van der Waals surface area contributed by atoms with Crippen molar-refractivity contribution in [2.75, 3.05) is 0 Å². The number of aryl methyl sites for hydroxylation is 1. The number of aliphatic hydroxyl groups excluding tert-OH is 1. The summed E-state index contributed by atoms with van der Waals surface area (Å²) in [6.45, 7) is 1.47. The number of aliphatic hydroxyl groups is 1. The minimum atomic E-state index is -1.23. The summed E-state index contributed by atoms with van der Waals surface area (Å²) in [6.07, 6.45) is 0. The third-order valence-electron chi connectivity index (χ3n) is 3.76. The maximum absolute atomic E-state index is 11.5. The fourth-order valence-corrected chi connectivity index (χ4v) is 2.60. The number of nitrogens with zero attached hydrogens (tertiary/aromatic N) is 2. The van der Waals surface area contributed by atoms with Crippen LogP contribution in [0.4, 0.5) is 0 Å². The quantitative estimate of drug-likeness (QED) is 0.740. The van der Waals surface area contributed by atoms with Crippen molar-refractivity contribution >= 4 is 17.6 Å². The standard InChI is InChI=1S/C19H15ClN2O3/c1-11-2-4-12(5-3-11)16-17(13-6-8-14(20)9-7-13)22-18(19(24)25)15(10-23)21-16/h2-9,23H,10H2,1H3,(H,24,25). The molecule has 0 spiro atoms. The summed E-state index contributed by atoms with van der Waals surface area (Å²) in [4.78, 5) is 20.1. The summed E-state index contributed by atoms with van der Waals surface area (Å²) in [5, 5.41) is 19.4. The van der Waals surface area contributed by atoms with E-state index in [1.165, 1.54) is 0 Å². The molecule has 3 rings (SSSR count). The molecule has 2 aromatic carbocycles. The molecule has 0 aliphatic rings. The first kappa shape index (κ1) is 17.1. The smallest absolute Gasteiger partial charge is 0.356 e. The summed E-state index contributed by atoms with van der Waals surface area (Å²) in [5.41, 5.74) is 3.28. The van der Waals surface area contributed by atoms with Gasteiger partial charge in [0.15, 0.2) is 5.69 Å². The van der Waals surface area contributed by atoms with E-state index in [-0.39, 0.29) is 11.4 Å². The molecular formula is C19H15ClN2O3. The molecule has 0 fully saturated rings. The van der Waals surface area contributed by atoms with Crippen LogP contribution in [0.25, 0.3) is 22.5 Å². The van der Waals surface area contributed by atoms with Crippen molar-refractivity contribution in [2.24, 2.45) is 0 Å². The third-order valence-corrected chi connectivity index (χ3v) is 4.02. The Morgan fingerprint density at radius 1 is 0.960 bits per heavy atom. The second kappa shape index (κ2) is 7.01. The minimum absolute atomic E-state index is 0.0285. The Labute approximate surface area is 149 Å². The molecule has 0 bridgehead atoms. The number of benzene rings is 2. The minimum Gasteiger partial charge on any atom is -0.476 e. The van der Waals surface area contributed by atoms with Crippen LogP contribution in [0.3, 0.4) is 0 Å². The Balaban J connectivity index is 2.28. The molecule has 0 amide bonds. The van der Waals surface area contributed by atoms with Gasteiger partial charge in [0.2, 0.25) is 0 Å². The normalized spacial score (nSPS) is 10.7. The molecule has 126 valence electrons. The highest BCUT2D eigenvalue weighted by Crippen LogP contribution is 2.31. The number of carboxylic acids is 1. The summed E-state index contributed by atoms with van der Waals surface area (Å²) in [7, 11) is 0. The Kier molecular flexibility index (Phi) is 4.79. The molecule has 25 heavy (non-hydrogen) atoms. The van der Waals surface area contributed by atoms with E-state index >= 15 is 0 Å². The number of rotatable bonds is 4. The van der Waals surface area contributed by atoms with Gasteiger partial charge in [-0.25, -0.2) is 14.8 Å². The largest absolute Gasteiger partial charge is 0.476 e. The van der Waals surface area contributed by atoms with Gasteiger partial charge in [-0.2, -0.15) is 0 Å². The maximum atomic E-state index is 11.5. The molecular weight excluding hydrogens is 340 g/mol. The van der Waals surface area contributed by atoms with Gasteiger partial charge in [0.1, 0.15) is 0 Å². The number of hydrogen-bond donors (Lipinski definition) is 2. The van der Waals surface area contributed by atoms with Crippen molar-refractivity contribution in [1.29, 1.82) is 0 Å². The van der Waals surface area contributed by atoms with Crippen molar-refractivity contribution in [3.05, 3.63) is 70.5 Å². The monoisotopic (exact) mass is 354 g/mol. The van der Waals surface area contributed by atoms with Crippen LogP contribution in [-0.2, 0) is 6.61 Å². The topological polar surface area (TPSA) is 83.3 Å². The van der Waals surface area contributed by atoms with Crippen molar-refractivity contribution in [3.63, 3.8) is 0 Å². The van der Waals surface area contributed by atoms with Gasteiger partial charge < -0.3 is 10.2 Å². The van der Waals surface area contributed by atoms with E-state index in [1.807, 2.05) is 31.2 Å². The Morgan fingerprint density at radius 3 is 2.00 bits per heavy atom. The van der Waals surface area contributed by atoms with Crippen molar-refractivity contribution in [3.8, 4) is 22.5 Å². The van der Waals surface area contributed by atoms with Gasteiger partial charge in [-0.05, 0) is 19.1 Å². The van der Waals surface area contributed by atoms with Crippen molar-refractivity contribution < 1.29 is 15.0 Å². The molecule has 0 aliphatic heterocycles. The van der Waals surface area contributed by atoms with Crippen LogP contribution in [-0.4, -0.2) is 26.2 Å². The number of aromatic carboxylic acids is 1. The fraction of sp³-hybridized carbons (Fsp3) is 0.105. The lowest BCUT2D eigenvalue weighted by Crippen LogP contribution is -2.11. The van der Waals surface area contributed by atoms with Crippen LogP contribution >= 0.6 is 11.6 Å². The van der Waals surface area contributed by atoms with Crippen molar-refractivity contribution in [1.82, 2.24) is 9.97 Å². The third kappa shape index (κ3) is 3.52. The fourth-order valence-electron chi connectivity index (χ4n) is 2.47. The lowest BCUT2D eigenvalue weighted by molar-refractivity contribution is 0.0686. The zero-order valence-electron chi connectivity index (χ0n) is 13.4. The van der Waals surface area contributed by atoms with Crippen LogP contribution in [0.5, 0.6) is 0 Å². The molecule has 2 N–H and O–H groups in total. The molecule has 6 heteroatoms. The molecule has 0 aliphatic carbocycles. The molecule has 0 atom stereocenters. The van der Waals surface area contributed by atoms with Crippen LogP contribution in [0.2, 0.25) is 5.02 Å². The van der Waals surface area contributed by atoms with Gasteiger partial charge in [0.05, 0.1) is 23.7 Å². The highest BCUT2D eigenvalue weighted by molar-refractivity contribution is 6.30. The van der Waals surface area contributed by atoms with Gasteiger partial charge in [0, 0.05) is 16.1 Å². The van der Waals surface area contributed by atoms with E-state index < -0.39 is 12.6 Å².